The molecule has 4 nitrogen and oxygen atoms in total. The van der Waals surface area contributed by atoms with Crippen molar-refractivity contribution < 1.29 is 14.3 Å². The Labute approximate surface area is 204 Å². The fourth-order valence-electron chi connectivity index (χ4n) is 3.13. The van der Waals surface area contributed by atoms with Crippen molar-refractivity contribution in [1.82, 2.24) is 4.90 Å². The van der Waals surface area contributed by atoms with Crippen LogP contribution in [0.25, 0.3) is 6.08 Å². The fourth-order valence-corrected chi connectivity index (χ4v) is 4.54. The highest BCUT2D eigenvalue weighted by atomic mass is 35.5. The van der Waals surface area contributed by atoms with Crippen LogP contribution in [0.3, 0.4) is 0 Å². The van der Waals surface area contributed by atoms with E-state index in [2.05, 4.69) is 0 Å². The van der Waals surface area contributed by atoms with Gasteiger partial charge in [-0.15, -0.1) is 0 Å². The van der Waals surface area contributed by atoms with E-state index < -0.39 is 0 Å². The number of imide groups is 1. The zero-order chi connectivity index (χ0) is 22.7. The molecule has 32 heavy (non-hydrogen) atoms. The van der Waals surface area contributed by atoms with Gasteiger partial charge in [-0.05, 0) is 65.4 Å². The Kier molecular flexibility index (Phi) is 7.11. The summed E-state index contributed by atoms with van der Waals surface area (Å²) in [5.41, 5.74) is 2.20. The molecule has 8 heteroatoms. The van der Waals surface area contributed by atoms with Crippen molar-refractivity contribution in [3.05, 3.63) is 103 Å². The number of ether oxygens (including phenoxy) is 1. The van der Waals surface area contributed by atoms with Crippen LogP contribution in [0.1, 0.15) is 16.7 Å². The Hall–Kier alpha value is -2.44. The Morgan fingerprint density at radius 1 is 0.906 bits per heavy atom. The van der Waals surface area contributed by atoms with Crippen LogP contribution >= 0.6 is 46.6 Å². The fraction of sp³-hybridized carbons (Fsp3) is 0.0833. The van der Waals surface area contributed by atoms with Crippen molar-refractivity contribution in [2.75, 3.05) is 0 Å². The topological polar surface area (TPSA) is 46.6 Å². The third-order valence-corrected chi connectivity index (χ3v) is 6.45. The molecular weight excluding hydrogens is 489 g/mol. The van der Waals surface area contributed by atoms with Crippen LogP contribution in [0.5, 0.6) is 5.75 Å². The average molecular weight is 505 g/mol. The number of halogens is 3. The number of hydrogen-bond donors (Lipinski definition) is 0. The van der Waals surface area contributed by atoms with Gasteiger partial charge in [0.05, 0.1) is 11.4 Å². The molecular formula is C24H16Cl3NO3S. The number of carbonyl (C=O) groups is 2. The van der Waals surface area contributed by atoms with E-state index in [0.29, 0.717) is 31.9 Å². The molecule has 0 spiro atoms. The first kappa shape index (κ1) is 22.7. The monoisotopic (exact) mass is 503 g/mol. The van der Waals surface area contributed by atoms with E-state index in [4.69, 9.17) is 39.5 Å². The van der Waals surface area contributed by atoms with Crippen LogP contribution in [0.2, 0.25) is 15.1 Å². The smallest absolute Gasteiger partial charge is 0.293 e. The van der Waals surface area contributed by atoms with Gasteiger partial charge in [-0.25, -0.2) is 0 Å². The second kappa shape index (κ2) is 10.0. The number of nitrogens with zero attached hydrogens (tertiary/aromatic N) is 1. The van der Waals surface area contributed by atoms with E-state index in [9.17, 15) is 9.59 Å². The maximum atomic E-state index is 12.9. The van der Waals surface area contributed by atoms with Gasteiger partial charge in [0, 0.05) is 20.6 Å². The molecule has 3 aromatic rings. The lowest BCUT2D eigenvalue weighted by Gasteiger charge is -2.13. The van der Waals surface area contributed by atoms with Crippen molar-refractivity contribution in [3.8, 4) is 5.75 Å². The van der Waals surface area contributed by atoms with Gasteiger partial charge in [0.1, 0.15) is 12.4 Å². The van der Waals surface area contributed by atoms with Crippen LogP contribution < -0.4 is 4.74 Å². The summed E-state index contributed by atoms with van der Waals surface area (Å²) < 4.78 is 5.95. The first-order valence-corrected chi connectivity index (χ1v) is 11.5. The van der Waals surface area contributed by atoms with Gasteiger partial charge in [-0.2, -0.15) is 0 Å². The molecule has 162 valence electrons. The minimum Gasteiger partial charge on any atom is -0.488 e. The van der Waals surface area contributed by atoms with E-state index in [1.165, 1.54) is 4.90 Å². The van der Waals surface area contributed by atoms with Gasteiger partial charge in [0.25, 0.3) is 11.1 Å². The Morgan fingerprint density at radius 3 is 2.47 bits per heavy atom. The second-order valence-corrected chi connectivity index (χ2v) is 9.23. The quantitative estimate of drug-likeness (QED) is 0.327. The molecule has 1 heterocycles. The van der Waals surface area contributed by atoms with E-state index in [1.807, 2.05) is 24.3 Å². The van der Waals surface area contributed by atoms with Crippen molar-refractivity contribution in [3.63, 3.8) is 0 Å². The molecule has 0 aromatic heterocycles. The molecule has 1 aliphatic rings. The Balaban J connectivity index is 1.56. The minimum atomic E-state index is -0.388. The van der Waals surface area contributed by atoms with Gasteiger partial charge >= 0.3 is 0 Å². The Morgan fingerprint density at radius 2 is 1.69 bits per heavy atom. The van der Waals surface area contributed by atoms with Crippen molar-refractivity contribution in [2.45, 2.75) is 13.2 Å². The summed E-state index contributed by atoms with van der Waals surface area (Å²) in [5, 5.41) is 1.25. The summed E-state index contributed by atoms with van der Waals surface area (Å²) in [4.78, 5) is 26.9. The molecule has 0 saturated carbocycles. The van der Waals surface area contributed by atoms with E-state index in [-0.39, 0.29) is 29.2 Å². The summed E-state index contributed by atoms with van der Waals surface area (Å²) in [6.45, 7) is 0.395. The molecule has 0 unspecified atom stereocenters. The van der Waals surface area contributed by atoms with Gasteiger partial charge in [0.15, 0.2) is 0 Å². The third kappa shape index (κ3) is 5.30. The number of amides is 2. The van der Waals surface area contributed by atoms with Gasteiger partial charge < -0.3 is 4.74 Å². The summed E-state index contributed by atoms with van der Waals surface area (Å²) in [6.07, 6.45) is 1.62. The summed E-state index contributed by atoms with van der Waals surface area (Å²) >= 11 is 19.3. The van der Waals surface area contributed by atoms with Crippen molar-refractivity contribution in [2.24, 2.45) is 0 Å². The molecule has 0 radical (unpaired) electrons. The molecule has 0 bridgehead atoms. The van der Waals surface area contributed by atoms with E-state index in [0.717, 1.165) is 17.3 Å². The van der Waals surface area contributed by atoms with Gasteiger partial charge in [-0.1, -0.05) is 65.1 Å². The van der Waals surface area contributed by atoms with Crippen LogP contribution in [-0.2, 0) is 17.9 Å². The van der Waals surface area contributed by atoms with Gasteiger partial charge in [0.2, 0.25) is 0 Å². The lowest BCUT2D eigenvalue weighted by Crippen LogP contribution is -2.27. The maximum Gasteiger partial charge on any atom is 0.293 e. The molecule has 1 fully saturated rings. The van der Waals surface area contributed by atoms with Gasteiger partial charge in [-0.3, -0.25) is 14.5 Å². The van der Waals surface area contributed by atoms with Crippen LogP contribution in [-0.4, -0.2) is 16.0 Å². The predicted octanol–water partition coefficient (Wildman–Crippen LogP) is 7.46. The van der Waals surface area contributed by atoms with Crippen molar-refractivity contribution >= 4 is 63.8 Å². The molecule has 3 aromatic carbocycles. The lowest BCUT2D eigenvalue weighted by molar-refractivity contribution is -0.123. The molecule has 0 aliphatic carbocycles. The number of rotatable bonds is 6. The molecule has 4 rings (SSSR count). The standard InChI is InChI=1S/C24H16Cl3NO3S/c25-18-6-3-4-15(10-18)14-31-21-9-8-19(26)11-17(21)12-22-23(29)28(24(30)32-22)13-16-5-1-2-7-20(16)27/h1-12H,13-14H2/b22-12+. The summed E-state index contributed by atoms with van der Waals surface area (Å²) in [7, 11) is 0. The average Bonchev–Trinajstić information content (AvgIpc) is 3.02. The van der Waals surface area contributed by atoms with Crippen LogP contribution in [0.15, 0.2) is 71.6 Å². The highest BCUT2D eigenvalue weighted by Crippen LogP contribution is 2.36. The molecule has 1 aliphatic heterocycles. The number of thioether (sulfide) groups is 1. The molecule has 0 N–H and O–H groups in total. The minimum absolute atomic E-state index is 0.106. The normalized spacial score (nSPS) is 15.0. The first-order chi connectivity index (χ1) is 15.4. The third-order valence-electron chi connectivity index (χ3n) is 4.70. The van der Waals surface area contributed by atoms with E-state index >= 15 is 0 Å². The first-order valence-electron chi connectivity index (χ1n) is 9.56. The Bertz CT molecular complexity index is 1230. The maximum absolute atomic E-state index is 12.9. The predicted molar refractivity (Wildman–Crippen MR) is 130 cm³/mol. The number of carbonyl (C=O) groups excluding carboxylic acids is 2. The summed E-state index contributed by atoms with van der Waals surface area (Å²) in [6, 6.07) is 19.6. The molecule has 1 saturated heterocycles. The summed E-state index contributed by atoms with van der Waals surface area (Å²) in [5.74, 6) is 0.146. The second-order valence-electron chi connectivity index (χ2n) is 6.96. The molecule has 0 atom stereocenters. The highest BCUT2D eigenvalue weighted by Gasteiger charge is 2.35. The van der Waals surface area contributed by atoms with Crippen molar-refractivity contribution in [1.29, 1.82) is 0 Å². The lowest BCUT2D eigenvalue weighted by atomic mass is 10.1. The van der Waals surface area contributed by atoms with Crippen LogP contribution in [0, 0.1) is 0 Å². The highest BCUT2D eigenvalue weighted by molar-refractivity contribution is 8.18. The number of benzene rings is 3. The van der Waals surface area contributed by atoms with Crippen LogP contribution in [0.4, 0.5) is 4.79 Å². The largest absolute Gasteiger partial charge is 0.488 e. The SMILES string of the molecule is O=C1S/C(=C/c2cc(Cl)ccc2OCc2cccc(Cl)c2)C(=O)N1Cc1ccccc1Cl. The number of hydrogen-bond acceptors (Lipinski definition) is 4. The zero-order valence-electron chi connectivity index (χ0n) is 16.6. The van der Waals surface area contributed by atoms with E-state index in [1.54, 1.807) is 48.5 Å². The zero-order valence-corrected chi connectivity index (χ0v) is 19.6. The molecule has 2 amide bonds.